The molecule has 0 amide bonds. The monoisotopic (exact) mass is 235 g/mol. The molecule has 1 rings (SSSR count). The molecule has 6 heteroatoms. The van der Waals surface area contributed by atoms with Crippen molar-refractivity contribution in [1.82, 2.24) is 5.32 Å². The summed E-state index contributed by atoms with van der Waals surface area (Å²) in [5, 5.41) is 20.8. The summed E-state index contributed by atoms with van der Waals surface area (Å²) in [6.45, 7) is 0.295. The second-order valence-electron chi connectivity index (χ2n) is 3.78. The van der Waals surface area contributed by atoms with Gasteiger partial charge in [0, 0.05) is 34.9 Å². The lowest BCUT2D eigenvalue weighted by molar-refractivity contribution is -0.139. The van der Waals surface area contributed by atoms with E-state index < -0.39 is 22.9 Å². The van der Waals surface area contributed by atoms with Gasteiger partial charge in [-0.1, -0.05) is 0 Å². The Morgan fingerprint density at radius 3 is 2.60 bits per heavy atom. The number of aliphatic hydroxyl groups is 1. The molecule has 5 nitrogen and oxygen atoms in total. The van der Waals surface area contributed by atoms with Gasteiger partial charge >= 0.3 is 5.97 Å². The molecule has 1 heterocycles. The molecule has 15 heavy (non-hydrogen) atoms. The fourth-order valence-electron chi connectivity index (χ4n) is 1.57. The van der Waals surface area contributed by atoms with Gasteiger partial charge in [-0.15, -0.1) is 0 Å². The largest absolute Gasteiger partial charge is 0.481 e. The first-order chi connectivity index (χ1) is 7.08. The van der Waals surface area contributed by atoms with Gasteiger partial charge in [0.05, 0.1) is 12.5 Å². The highest BCUT2D eigenvalue weighted by Gasteiger charge is 2.18. The molecule has 1 fully saturated rings. The third-order valence-corrected chi connectivity index (χ3v) is 3.82. The van der Waals surface area contributed by atoms with E-state index in [9.17, 15) is 14.1 Å². The van der Waals surface area contributed by atoms with Crippen LogP contribution in [0.25, 0.3) is 0 Å². The number of carboxylic acids is 1. The van der Waals surface area contributed by atoms with Gasteiger partial charge in [-0.3, -0.25) is 9.00 Å². The van der Waals surface area contributed by atoms with E-state index in [-0.39, 0.29) is 12.5 Å². The van der Waals surface area contributed by atoms with Crippen LogP contribution in [-0.2, 0) is 15.6 Å². The highest BCUT2D eigenvalue weighted by molar-refractivity contribution is 7.85. The molecular weight excluding hydrogens is 218 g/mol. The third kappa shape index (κ3) is 5.25. The molecule has 1 atom stereocenters. The van der Waals surface area contributed by atoms with Crippen molar-refractivity contribution in [1.29, 1.82) is 0 Å². The van der Waals surface area contributed by atoms with Crippen molar-refractivity contribution < 1.29 is 19.2 Å². The maximum Gasteiger partial charge on any atom is 0.306 e. The van der Waals surface area contributed by atoms with Crippen LogP contribution in [0.5, 0.6) is 0 Å². The number of aliphatic carboxylic acids is 1. The van der Waals surface area contributed by atoms with E-state index in [0.29, 0.717) is 18.1 Å². The lowest BCUT2D eigenvalue weighted by Gasteiger charge is -2.23. The summed E-state index contributed by atoms with van der Waals surface area (Å²) >= 11 is 0. The zero-order chi connectivity index (χ0) is 11.3. The molecule has 1 saturated heterocycles. The molecular formula is C9H17NO4S. The minimum Gasteiger partial charge on any atom is -0.481 e. The van der Waals surface area contributed by atoms with Gasteiger partial charge < -0.3 is 15.5 Å². The highest BCUT2D eigenvalue weighted by atomic mass is 32.2. The van der Waals surface area contributed by atoms with Crippen molar-refractivity contribution in [3.8, 4) is 0 Å². The Balaban J connectivity index is 2.14. The van der Waals surface area contributed by atoms with Gasteiger partial charge in [-0.2, -0.15) is 0 Å². The summed E-state index contributed by atoms with van der Waals surface area (Å²) in [5.74, 6) is 0.411. The lowest BCUT2D eigenvalue weighted by Crippen LogP contribution is -2.40. The normalized spacial score (nSPS) is 28.6. The van der Waals surface area contributed by atoms with Crippen molar-refractivity contribution in [2.45, 2.75) is 31.4 Å². The maximum atomic E-state index is 11.0. The van der Waals surface area contributed by atoms with Gasteiger partial charge in [0.25, 0.3) is 0 Å². The van der Waals surface area contributed by atoms with E-state index in [1.807, 2.05) is 0 Å². The van der Waals surface area contributed by atoms with Crippen molar-refractivity contribution in [2.24, 2.45) is 0 Å². The molecule has 0 aromatic carbocycles. The van der Waals surface area contributed by atoms with E-state index in [2.05, 4.69) is 5.32 Å². The topological polar surface area (TPSA) is 86.6 Å². The quantitative estimate of drug-likeness (QED) is 0.588. The van der Waals surface area contributed by atoms with Crippen molar-refractivity contribution in [2.75, 3.05) is 18.1 Å². The molecule has 0 aliphatic carbocycles. The Kier molecular flexibility index (Phi) is 5.21. The Morgan fingerprint density at radius 2 is 2.07 bits per heavy atom. The zero-order valence-electron chi connectivity index (χ0n) is 8.52. The standard InChI is InChI=1S/C9H17NO4S/c11-8(5-9(12)13)6-10-7-1-3-15(14)4-2-7/h7-8,10-11H,1-6H2,(H,12,13). The summed E-state index contributed by atoms with van der Waals surface area (Å²) in [6, 6.07) is 0.270. The number of rotatable bonds is 5. The summed E-state index contributed by atoms with van der Waals surface area (Å²) in [7, 11) is -0.681. The minimum atomic E-state index is -0.992. The van der Waals surface area contributed by atoms with E-state index in [0.717, 1.165) is 12.8 Å². The predicted octanol–water partition coefficient (Wildman–Crippen LogP) is -0.677. The van der Waals surface area contributed by atoms with E-state index in [4.69, 9.17) is 5.11 Å². The Labute approximate surface area is 91.3 Å². The van der Waals surface area contributed by atoms with E-state index in [1.165, 1.54) is 0 Å². The zero-order valence-corrected chi connectivity index (χ0v) is 9.33. The fraction of sp³-hybridized carbons (Fsp3) is 0.889. The molecule has 0 aromatic heterocycles. The molecule has 0 spiro atoms. The van der Waals surface area contributed by atoms with Gasteiger partial charge in [0.1, 0.15) is 0 Å². The van der Waals surface area contributed by atoms with Crippen LogP contribution in [0.4, 0.5) is 0 Å². The van der Waals surface area contributed by atoms with Crippen LogP contribution in [0.2, 0.25) is 0 Å². The lowest BCUT2D eigenvalue weighted by atomic mass is 10.1. The average Bonchev–Trinajstić information content (AvgIpc) is 2.16. The number of nitrogens with one attached hydrogen (secondary N) is 1. The van der Waals surface area contributed by atoms with Crippen molar-refractivity contribution in [3.05, 3.63) is 0 Å². The van der Waals surface area contributed by atoms with Crippen LogP contribution in [0.1, 0.15) is 19.3 Å². The smallest absolute Gasteiger partial charge is 0.306 e. The molecule has 88 valence electrons. The van der Waals surface area contributed by atoms with Gasteiger partial charge in [-0.05, 0) is 12.8 Å². The van der Waals surface area contributed by atoms with Crippen LogP contribution in [0, 0.1) is 0 Å². The Hall–Kier alpha value is -0.460. The Morgan fingerprint density at radius 1 is 1.47 bits per heavy atom. The average molecular weight is 235 g/mol. The number of hydrogen-bond donors (Lipinski definition) is 3. The van der Waals surface area contributed by atoms with Gasteiger partial charge in [-0.25, -0.2) is 0 Å². The predicted molar refractivity (Wildman–Crippen MR) is 57.2 cm³/mol. The summed E-state index contributed by atoms with van der Waals surface area (Å²) < 4.78 is 11.0. The van der Waals surface area contributed by atoms with Crippen molar-refractivity contribution in [3.63, 3.8) is 0 Å². The SMILES string of the molecule is O=C(O)CC(O)CNC1CCS(=O)CC1. The second-order valence-corrected chi connectivity index (χ2v) is 5.48. The van der Waals surface area contributed by atoms with Crippen LogP contribution >= 0.6 is 0 Å². The molecule has 0 aromatic rings. The first-order valence-corrected chi connectivity index (χ1v) is 6.55. The molecule has 3 N–H and O–H groups in total. The number of carbonyl (C=O) groups is 1. The molecule has 0 radical (unpaired) electrons. The van der Waals surface area contributed by atoms with Crippen LogP contribution in [-0.4, -0.2) is 50.6 Å². The number of hydrogen-bond acceptors (Lipinski definition) is 4. The molecule has 1 aliphatic heterocycles. The third-order valence-electron chi connectivity index (χ3n) is 2.44. The fourth-order valence-corrected chi connectivity index (χ4v) is 2.87. The molecule has 1 aliphatic rings. The Bertz CT molecular complexity index is 236. The first kappa shape index (κ1) is 12.6. The van der Waals surface area contributed by atoms with E-state index in [1.54, 1.807) is 0 Å². The van der Waals surface area contributed by atoms with Gasteiger partial charge in [0.2, 0.25) is 0 Å². The summed E-state index contributed by atoms with van der Waals surface area (Å²) in [5.41, 5.74) is 0. The first-order valence-electron chi connectivity index (χ1n) is 5.06. The minimum absolute atomic E-state index is 0.231. The van der Waals surface area contributed by atoms with Crippen molar-refractivity contribution >= 4 is 16.8 Å². The van der Waals surface area contributed by atoms with Gasteiger partial charge in [0.15, 0.2) is 0 Å². The number of carboxylic acid groups (broad SMARTS) is 1. The van der Waals surface area contributed by atoms with Crippen LogP contribution in [0.15, 0.2) is 0 Å². The molecule has 0 bridgehead atoms. The highest BCUT2D eigenvalue weighted by Crippen LogP contribution is 2.09. The van der Waals surface area contributed by atoms with Crippen LogP contribution in [0.3, 0.4) is 0 Å². The van der Waals surface area contributed by atoms with Crippen LogP contribution < -0.4 is 5.32 Å². The summed E-state index contributed by atoms with van der Waals surface area (Å²) in [4.78, 5) is 10.3. The molecule has 1 unspecified atom stereocenters. The van der Waals surface area contributed by atoms with E-state index >= 15 is 0 Å². The maximum absolute atomic E-state index is 11.0. The molecule has 0 saturated carbocycles. The second kappa shape index (κ2) is 6.19. The summed E-state index contributed by atoms with van der Waals surface area (Å²) in [6.07, 6.45) is 0.611. The number of aliphatic hydroxyl groups excluding tert-OH is 1.